The van der Waals surface area contributed by atoms with Crippen molar-refractivity contribution < 1.29 is 23.1 Å². The average Bonchev–Trinajstić information content (AvgIpc) is 2.53. The zero-order valence-electron chi connectivity index (χ0n) is 14.6. The van der Waals surface area contributed by atoms with Crippen LogP contribution in [0.4, 0.5) is 5.69 Å². The maximum Gasteiger partial charge on any atom is 0.335 e. The van der Waals surface area contributed by atoms with Gasteiger partial charge in [0.05, 0.1) is 10.5 Å². The largest absolute Gasteiger partial charge is 0.478 e. The minimum absolute atomic E-state index is 0.133. The molecular weight excluding hydrogens is 356 g/mol. The number of rotatable bonds is 6. The van der Waals surface area contributed by atoms with Gasteiger partial charge in [0.2, 0.25) is 15.9 Å². The summed E-state index contributed by atoms with van der Waals surface area (Å²) in [7, 11) is -3.86. The van der Waals surface area contributed by atoms with Gasteiger partial charge in [-0.25, -0.2) is 17.9 Å². The zero-order valence-corrected chi connectivity index (χ0v) is 15.4. The van der Waals surface area contributed by atoms with Gasteiger partial charge in [-0.2, -0.15) is 0 Å². The van der Waals surface area contributed by atoms with Gasteiger partial charge in [0.25, 0.3) is 0 Å². The summed E-state index contributed by atoms with van der Waals surface area (Å²) in [6.07, 6.45) is 0. The number of amides is 1. The standard InChI is InChI=1S/C18H20N2O5S/c1-11(2)20-26(24,25)17-9-14(7-15(10-17)18(22)23)13-5-4-6-16(8-13)19-12(3)21/h4-11,20H,1-3H3,(H,19,21)(H,22,23). The number of anilines is 1. The highest BCUT2D eigenvalue weighted by molar-refractivity contribution is 7.89. The smallest absolute Gasteiger partial charge is 0.335 e. The Balaban J connectivity index is 2.59. The summed E-state index contributed by atoms with van der Waals surface area (Å²) in [6.45, 7) is 4.73. The van der Waals surface area contributed by atoms with Gasteiger partial charge >= 0.3 is 5.97 Å². The van der Waals surface area contributed by atoms with E-state index in [1.807, 2.05) is 0 Å². The van der Waals surface area contributed by atoms with Crippen LogP contribution in [0.1, 0.15) is 31.1 Å². The molecule has 0 aliphatic carbocycles. The van der Waals surface area contributed by atoms with Gasteiger partial charge in [0.15, 0.2) is 0 Å². The number of carboxylic acid groups (broad SMARTS) is 1. The molecule has 0 bridgehead atoms. The molecule has 7 nitrogen and oxygen atoms in total. The number of carboxylic acids is 1. The number of carbonyl (C=O) groups excluding carboxylic acids is 1. The summed E-state index contributed by atoms with van der Waals surface area (Å²) in [4.78, 5) is 22.5. The Bertz CT molecular complexity index is 952. The van der Waals surface area contributed by atoms with Gasteiger partial charge < -0.3 is 10.4 Å². The van der Waals surface area contributed by atoms with E-state index in [0.717, 1.165) is 6.07 Å². The van der Waals surface area contributed by atoms with Crippen molar-refractivity contribution in [3.8, 4) is 11.1 Å². The van der Waals surface area contributed by atoms with Gasteiger partial charge in [0.1, 0.15) is 0 Å². The lowest BCUT2D eigenvalue weighted by Gasteiger charge is -2.13. The third kappa shape index (κ3) is 4.90. The Labute approximate surface area is 152 Å². The van der Waals surface area contributed by atoms with E-state index in [0.29, 0.717) is 16.8 Å². The Morgan fingerprint density at radius 2 is 1.73 bits per heavy atom. The molecule has 8 heteroatoms. The van der Waals surface area contributed by atoms with E-state index in [1.165, 1.54) is 19.1 Å². The second kappa shape index (κ2) is 7.67. The zero-order chi connectivity index (χ0) is 19.5. The first-order valence-corrected chi connectivity index (χ1v) is 9.35. The van der Waals surface area contributed by atoms with E-state index in [-0.39, 0.29) is 22.4 Å². The lowest BCUT2D eigenvalue weighted by atomic mass is 10.0. The summed E-state index contributed by atoms with van der Waals surface area (Å²) in [5.74, 6) is -1.48. The molecule has 2 rings (SSSR count). The molecule has 0 aliphatic heterocycles. The molecule has 0 unspecified atom stereocenters. The van der Waals surface area contributed by atoms with Crippen molar-refractivity contribution >= 4 is 27.6 Å². The molecule has 0 radical (unpaired) electrons. The summed E-state index contributed by atoms with van der Waals surface area (Å²) >= 11 is 0. The molecule has 3 N–H and O–H groups in total. The molecule has 0 aliphatic rings. The Kier molecular flexibility index (Phi) is 5.79. The van der Waals surface area contributed by atoms with Crippen molar-refractivity contribution in [2.24, 2.45) is 0 Å². The van der Waals surface area contributed by atoms with Crippen molar-refractivity contribution in [1.82, 2.24) is 4.72 Å². The molecule has 1 amide bonds. The third-order valence-corrected chi connectivity index (χ3v) is 5.01. The van der Waals surface area contributed by atoms with Crippen LogP contribution in [0.15, 0.2) is 47.4 Å². The molecule has 0 atom stereocenters. The lowest BCUT2D eigenvalue weighted by molar-refractivity contribution is -0.114. The van der Waals surface area contributed by atoms with E-state index in [1.54, 1.807) is 38.1 Å². The van der Waals surface area contributed by atoms with E-state index in [2.05, 4.69) is 10.0 Å². The minimum Gasteiger partial charge on any atom is -0.478 e. The first-order chi connectivity index (χ1) is 12.1. The van der Waals surface area contributed by atoms with Crippen LogP contribution < -0.4 is 10.0 Å². The molecule has 0 heterocycles. The maximum atomic E-state index is 12.5. The topological polar surface area (TPSA) is 113 Å². The molecule has 0 spiro atoms. The summed E-state index contributed by atoms with van der Waals surface area (Å²) in [6, 6.07) is 10.3. The number of sulfonamides is 1. The highest BCUT2D eigenvalue weighted by atomic mass is 32.2. The fraction of sp³-hybridized carbons (Fsp3) is 0.222. The number of benzene rings is 2. The van der Waals surface area contributed by atoms with Crippen LogP contribution in [-0.4, -0.2) is 31.4 Å². The van der Waals surface area contributed by atoms with Crippen LogP contribution in [0.2, 0.25) is 0 Å². The second-order valence-electron chi connectivity index (χ2n) is 6.09. The predicted octanol–water partition coefficient (Wildman–Crippen LogP) is 2.70. The molecule has 0 saturated heterocycles. The van der Waals surface area contributed by atoms with Crippen molar-refractivity contribution in [2.45, 2.75) is 31.7 Å². The van der Waals surface area contributed by atoms with Gasteiger partial charge in [-0.3, -0.25) is 4.79 Å². The van der Waals surface area contributed by atoms with Crippen molar-refractivity contribution in [1.29, 1.82) is 0 Å². The van der Waals surface area contributed by atoms with Crippen molar-refractivity contribution in [3.05, 3.63) is 48.0 Å². The van der Waals surface area contributed by atoms with Gasteiger partial charge in [-0.15, -0.1) is 0 Å². The van der Waals surface area contributed by atoms with Crippen LogP contribution in [0.3, 0.4) is 0 Å². The molecule has 0 aromatic heterocycles. The highest BCUT2D eigenvalue weighted by Gasteiger charge is 2.19. The predicted molar refractivity (Wildman–Crippen MR) is 98.6 cm³/mol. The van der Waals surface area contributed by atoms with Crippen LogP contribution in [0, 0.1) is 0 Å². The molecular formula is C18H20N2O5S. The monoisotopic (exact) mass is 376 g/mol. The molecule has 2 aromatic rings. The van der Waals surface area contributed by atoms with E-state index >= 15 is 0 Å². The quantitative estimate of drug-likeness (QED) is 0.717. The lowest BCUT2D eigenvalue weighted by Crippen LogP contribution is -2.30. The van der Waals surface area contributed by atoms with Crippen LogP contribution in [0.5, 0.6) is 0 Å². The first-order valence-electron chi connectivity index (χ1n) is 7.87. The molecule has 0 fully saturated rings. The molecule has 2 aromatic carbocycles. The van der Waals surface area contributed by atoms with Gasteiger partial charge in [0, 0.05) is 18.7 Å². The number of hydrogen-bond donors (Lipinski definition) is 3. The van der Waals surface area contributed by atoms with Crippen LogP contribution in [-0.2, 0) is 14.8 Å². The van der Waals surface area contributed by atoms with Gasteiger partial charge in [-0.05, 0) is 55.3 Å². The maximum absolute atomic E-state index is 12.5. The number of carbonyl (C=O) groups is 2. The molecule has 26 heavy (non-hydrogen) atoms. The van der Waals surface area contributed by atoms with Gasteiger partial charge in [-0.1, -0.05) is 12.1 Å². The van der Waals surface area contributed by atoms with Crippen molar-refractivity contribution in [2.75, 3.05) is 5.32 Å². The second-order valence-corrected chi connectivity index (χ2v) is 7.80. The average molecular weight is 376 g/mol. The van der Waals surface area contributed by atoms with E-state index in [9.17, 15) is 23.1 Å². The number of aromatic carboxylic acids is 1. The normalized spacial score (nSPS) is 11.4. The minimum atomic E-state index is -3.86. The first kappa shape index (κ1) is 19.6. The Hall–Kier alpha value is -2.71. The summed E-state index contributed by atoms with van der Waals surface area (Å²) in [5, 5.41) is 12.0. The van der Waals surface area contributed by atoms with Crippen LogP contribution >= 0.6 is 0 Å². The van der Waals surface area contributed by atoms with Crippen LogP contribution in [0.25, 0.3) is 11.1 Å². The summed E-state index contributed by atoms with van der Waals surface area (Å²) in [5.41, 5.74) is 1.39. The number of nitrogens with one attached hydrogen (secondary N) is 2. The molecule has 0 saturated carbocycles. The fourth-order valence-corrected chi connectivity index (χ4v) is 3.72. The Morgan fingerprint density at radius 1 is 1.04 bits per heavy atom. The highest BCUT2D eigenvalue weighted by Crippen LogP contribution is 2.27. The summed E-state index contributed by atoms with van der Waals surface area (Å²) < 4.78 is 27.3. The van der Waals surface area contributed by atoms with Crippen molar-refractivity contribution in [3.63, 3.8) is 0 Å². The fourth-order valence-electron chi connectivity index (χ4n) is 2.40. The van der Waals surface area contributed by atoms with E-state index in [4.69, 9.17) is 0 Å². The molecule has 138 valence electrons. The van der Waals surface area contributed by atoms with E-state index < -0.39 is 16.0 Å². The SMILES string of the molecule is CC(=O)Nc1cccc(-c2cc(C(=O)O)cc(S(=O)(=O)NC(C)C)c2)c1. The Morgan fingerprint density at radius 3 is 2.31 bits per heavy atom. The third-order valence-electron chi connectivity index (χ3n) is 3.37. The number of hydrogen-bond acceptors (Lipinski definition) is 4.